The van der Waals surface area contributed by atoms with Gasteiger partial charge in [-0.05, 0) is 12.1 Å². The Morgan fingerprint density at radius 3 is 2.90 bits per heavy atom. The Labute approximate surface area is 174 Å². The molecule has 0 fully saturated rings. The summed E-state index contributed by atoms with van der Waals surface area (Å²) in [5.41, 5.74) is 1.29. The number of hydrogen-bond acceptors (Lipinski definition) is 10. The molecule has 2 aliphatic rings. The number of aromatic nitrogens is 2. The van der Waals surface area contributed by atoms with Crippen LogP contribution in [0.1, 0.15) is 23.1 Å². The van der Waals surface area contributed by atoms with Crippen LogP contribution in [0.3, 0.4) is 0 Å². The Morgan fingerprint density at radius 1 is 1.17 bits per heavy atom. The van der Waals surface area contributed by atoms with Gasteiger partial charge in [-0.1, -0.05) is 23.9 Å². The maximum absolute atomic E-state index is 11.2. The molecule has 154 valence electrons. The monoisotopic (exact) mass is 429 g/mol. The van der Waals surface area contributed by atoms with Crippen LogP contribution in [-0.2, 0) is 17.1 Å². The lowest BCUT2D eigenvalue weighted by atomic mass is 10.1. The van der Waals surface area contributed by atoms with Crippen LogP contribution in [0.15, 0.2) is 46.0 Å². The predicted molar refractivity (Wildman–Crippen MR) is 103 cm³/mol. The van der Waals surface area contributed by atoms with Crippen molar-refractivity contribution in [2.75, 3.05) is 13.4 Å². The summed E-state index contributed by atoms with van der Waals surface area (Å²) in [6.07, 6.45) is -0.507. The fourth-order valence-corrected chi connectivity index (χ4v) is 3.92. The summed E-state index contributed by atoms with van der Waals surface area (Å²) in [5, 5.41) is 19.6. The van der Waals surface area contributed by atoms with Crippen molar-refractivity contribution >= 4 is 17.4 Å². The van der Waals surface area contributed by atoms with E-state index in [4.69, 9.17) is 23.4 Å². The van der Waals surface area contributed by atoms with Crippen molar-refractivity contribution in [3.63, 3.8) is 0 Å². The molecule has 0 N–H and O–H groups in total. The number of nitro benzene ring substituents is 1. The maximum atomic E-state index is 11.2. The second-order valence-electron chi connectivity index (χ2n) is 6.52. The number of thioether (sulfide) groups is 1. The molecule has 0 radical (unpaired) electrons. The molecule has 0 saturated heterocycles. The first kappa shape index (κ1) is 18.7. The molecule has 3 heterocycles. The van der Waals surface area contributed by atoms with Gasteiger partial charge in [0.15, 0.2) is 18.3 Å². The topological polar surface area (TPSA) is 119 Å². The van der Waals surface area contributed by atoms with Gasteiger partial charge < -0.3 is 23.4 Å². The Morgan fingerprint density at radius 2 is 2.03 bits per heavy atom. The van der Waals surface area contributed by atoms with Gasteiger partial charge in [0.25, 0.3) is 16.8 Å². The molecule has 1 atom stereocenters. The van der Waals surface area contributed by atoms with E-state index < -0.39 is 11.0 Å². The fourth-order valence-electron chi connectivity index (χ4n) is 3.18. The van der Waals surface area contributed by atoms with Crippen molar-refractivity contribution in [2.45, 2.75) is 23.7 Å². The Bertz CT molecular complexity index is 1100. The number of nitrogens with zero attached hydrogens (tertiary/aromatic N) is 3. The molecule has 0 amide bonds. The molecule has 2 aromatic carbocycles. The van der Waals surface area contributed by atoms with Crippen LogP contribution in [0, 0.1) is 10.1 Å². The van der Waals surface area contributed by atoms with Crippen LogP contribution in [0.4, 0.5) is 5.69 Å². The average Bonchev–Trinajstić information content (AvgIpc) is 3.26. The highest BCUT2D eigenvalue weighted by molar-refractivity contribution is 7.98. The number of rotatable bonds is 5. The van der Waals surface area contributed by atoms with Crippen molar-refractivity contribution in [1.82, 2.24) is 10.2 Å². The van der Waals surface area contributed by atoms with Crippen molar-refractivity contribution in [2.24, 2.45) is 0 Å². The van der Waals surface area contributed by atoms with E-state index in [1.807, 2.05) is 24.3 Å². The van der Waals surface area contributed by atoms with Gasteiger partial charge in [-0.2, -0.15) is 0 Å². The quantitative estimate of drug-likeness (QED) is 0.338. The Kier molecular flexibility index (Phi) is 4.89. The van der Waals surface area contributed by atoms with E-state index >= 15 is 0 Å². The number of nitro groups is 1. The summed E-state index contributed by atoms with van der Waals surface area (Å²) in [5.74, 6) is 2.54. The van der Waals surface area contributed by atoms with Crippen molar-refractivity contribution < 1.29 is 28.3 Å². The Hall–Kier alpha value is -3.31. The van der Waals surface area contributed by atoms with Gasteiger partial charge in [-0.25, -0.2) is 0 Å². The molecule has 0 saturated carbocycles. The summed E-state index contributed by atoms with van der Waals surface area (Å²) in [6, 6.07) is 10.3. The number of non-ortho nitro benzene ring substituents is 1. The van der Waals surface area contributed by atoms with Gasteiger partial charge in [0.2, 0.25) is 6.10 Å². The van der Waals surface area contributed by atoms with E-state index in [2.05, 4.69) is 10.2 Å². The molecular formula is C19H15N3O7S. The number of fused-ring (bicyclic) bond motifs is 2. The highest BCUT2D eigenvalue weighted by atomic mass is 32.2. The van der Waals surface area contributed by atoms with Gasteiger partial charge >= 0.3 is 0 Å². The molecule has 10 nitrogen and oxygen atoms in total. The number of hydrogen-bond donors (Lipinski definition) is 0. The zero-order valence-electron chi connectivity index (χ0n) is 15.5. The molecular weight excluding hydrogens is 414 g/mol. The van der Waals surface area contributed by atoms with Crippen LogP contribution < -0.4 is 14.2 Å². The second kappa shape index (κ2) is 7.84. The lowest BCUT2D eigenvalue weighted by Gasteiger charge is -2.23. The van der Waals surface area contributed by atoms with E-state index in [1.165, 1.54) is 23.9 Å². The third kappa shape index (κ3) is 3.64. The third-order valence-electron chi connectivity index (χ3n) is 4.54. The highest BCUT2D eigenvalue weighted by Gasteiger charge is 2.28. The minimum absolute atomic E-state index is 0.0175. The lowest BCUT2D eigenvalue weighted by Crippen LogP contribution is -2.21. The van der Waals surface area contributed by atoms with Crippen molar-refractivity contribution in [1.29, 1.82) is 0 Å². The van der Waals surface area contributed by atoms with Crippen molar-refractivity contribution in [3.8, 4) is 17.2 Å². The highest BCUT2D eigenvalue weighted by Crippen LogP contribution is 2.38. The maximum Gasteiger partial charge on any atom is 0.277 e. The van der Waals surface area contributed by atoms with Gasteiger partial charge in [-0.15, -0.1) is 10.2 Å². The van der Waals surface area contributed by atoms with Gasteiger partial charge in [0, 0.05) is 29.0 Å². The molecule has 2 aliphatic heterocycles. The van der Waals surface area contributed by atoms with Gasteiger partial charge in [0.1, 0.15) is 12.4 Å². The predicted octanol–water partition coefficient (Wildman–Crippen LogP) is 3.65. The minimum atomic E-state index is -0.507. The fraction of sp³-hybridized carbons (Fsp3) is 0.263. The summed E-state index contributed by atoms with van der Waals surface area (Å²) < 4.78 is 28.0. The molecule has 0 spiro atoms. The largest absolute Gasteiger partial charge is 0.485 e. The third-order valence-corrected chi connectivity index (χ3v) is 5.41. The summed E-state index contributed by atoms with van der Waals surface area (Å²) >= 11 is 1.26. The van der Waals surface area contributed by atoms with Crippen LogP contribution in [0.25, 0.3) is 0 Å². The van der Waals surface area contributed by atoms with Crippen LogP contribution in [0.5, 0.6) is 17.2 Å². The normalized spacial score (nSPS) is 17.1. The SMILES string of the molecule is O=[N+]([O-])c1cc2c(c(CSc3nnc([C@@H]4COc5ccccc5O4)o3)c1)OCOC2. The first-order chi connectivity index (χ1) is 14.7. The van der Waals surface area contributed by atoms with Crippen LogP contribution in [-0.4, -0.2) is 28.5 Å². The molecule has 0 unspecified atom stereocenters. The Balaban J connectivity index is 1.31. The van der Waals surface area contributed by atoms with Crippen LogP contribution >= 0.6 is 11.8 Å². The smallest absolute Gasteiger partial charge is 0.277 e. The summed E-state index contributed by atoms with van der Waals surface area (Å²) in [6.45, 7) is 0.628. The van der Waals surface area contributed by atoms with E-state index in [1.54, 1.807) is 0 Å². The van der Waals surface area contributed by atoms with Gasteiger partial charge in [0.05, 0.1) is 11.5 Å². The zero-order valence-corrected chi connectivity index (χ0v) is 16.3. The second-order valence-corrected chi connectivity index (χ2v) is 7.45. The van der Waals surface area contributed by atoms with E-state index in [9.17, 15) is 10.1 Å². The zero-order chi connectivity index (χ0) is 20.5. The number of benzene rings is 2. The first-order valence-corrected chi connectivity index (χ1v) is 10.0. The molecule has 30 heavy (non-hydrogen) atoms. The van der Waals surface area contributed by atoms with E-state index in [0.29, 0.717) is 45.2 Å². The molecule has 0 bridgehead atoms. The van der Waals surface area contributed by atoms with Crippen LogP contribution in [0.2, 0.25) is 0 Å². The lowest BCUT2D eigenvalue weighted by molar-refractivity contribution is -0.385. The van der Waals surface area contributed by atoms with Crippen molar-refractivity contribution in [3.05, 3.63) is 63.5 Å². The molecule has 3 aromatic rings. The molecule has 11 heteroatoms. The minimum Gasteiger partial charge on any atom is -0.485 e. The standard InChI is InChI=1S/C19H15N3O7S/c23-22(24)13-5-11-7-25-10-27-17(11)12(6-13)9-30-19-21-20-18(29-19)16-8-26-14-3-1-2-4-15(14)28-16/h1-6,16H,7-10H2/t16-/m0/s1. The number of para-hydroxylation sites is 2. The summed E-state index contributed by atoms with van der Waals surface area (Å²) in [4.78, 5) is 10.8. The molecule has 0 aliphatic carbocycles. The summed E-state index contributed by atoms with van der Waals surface area (Å²) in [7, 11) is 0. The molecule has 5 rings (SSSR count). The van der Waals surface area contributed by atoms with E-state index in [-0.39, 0.29) is 25.7 Å². The van der Waals surface area contributed by atoms with Gasteiger partial charge in [-0.3, -0.25) is 10.1 Å². The first-order valence-electron chi connectivity index (χ1n) is 9.03. The van der Waals surface area contributed by atoms with E-state index in [0.717, 1.165) is 0 Å². The number of ether oxygens (including phenoxy) is 4. The molecule has 1 aromatic heterocycles. The average molecular weight is 429 g/mol.